The van der Waals surface area contributed by atoms with E-state index in [-0.39, 0.29) is 17.7 Å². The van der Waals surface area contributed by atoms with Crippen LogP contribution < -0.4 is 15.0 Å². The van der Waals surface area contributed by atoms with Gasteiger partial charge in [-0.1, -0.05) is 6.07 Å². The van der Waals surface area contributed by atoms with E-state index in [0.29, 0.717) is 30.5 Å². The summed E-state index contributed by atoms with van der Waals surface area (Å²) < 4.78 is 6.01. The van der Waals surface area contributed by atoms with Crippen LogP contribution in [0.15, 0.2) is 48.5 Å². The average molecular weight is 422 g/mol. The van der Waals surface area contributed by atoms with Gasteiger partial charge in [0.2, 0.25) is 0 Å². The molecule has 0 unspecified atom stereocenters. The summed E-state index contributed by atoms with van der Waals surface area (Å²) in [5.74, 6) is 1.02. The molecule has 2 aromatic rings. The predicted molar refractivity (Wildman–Crippen MR) is 122 cm³/mol. The molecule has 6 heteroatoms. The van der Waals surface area contributed by atoms with Crippen molar-refractivity contribution in [3.05, 3.63) is 59.7 Å². The molecule has 1 N–H and O–H groups in total. The second kappa shape index (κ2) is 9.41. The Kier molecular flexibility index (Phi) is 6.44. The van der Waals surface area contributed by atoms with Gasteiger partial charge in [-0.25, -0.2) is 0 Å². The molecule has 1 heterocycles. The number of likely N-dealkylation sites (tertiary alicyclic amines) is 1. The lowest BCUT2D eigenvalue weighted by Crippen LogP contribution is -2.41. The standard InChI is InChI=1S/C25H31N3O3/c1-27(2)22-12-8-19(9-13-22)25(30)28-14-4-5-18(16-28)17-31-23-7-3-6-20(15-23)24(29)26-21-10-11-21/h3,6-9,12-13,15,18,21H,4-5,10-11,14,16-17H2,1-2H3,(H,26,29)/t18-/m1/s1. The third-order valence-electron chi connectivity index (χ3n) is 5.93. The molecule has 4 rings (SSSR count). The van der Waals surface area contributed by atoms with Crippen LogP contribution in [0.25, 0.3) is 0 Å². The lowest BCUT2D eigenvalue weighted by Gasteiger charge is -2.32. The number of hydrogen-bond donors (Lipinski definition) is 1. The molecule has 2 aliphatic rings. The summed E-state index contributed by atoms with van der Waals surface area (Å²) in [4.78, 5) is 29.1. The Hall–Kier alpha value is -3.02. The van der Waals surface area contributed by atoms with E-state index in [0.717, 1.165) is 43.5 Å². The molecule has 2 fully saturated rings. The molecule has 1 saturated heterocycles. The van der Waals surface area contributed by atoms with Crippen molar-refractivity contribution < 1.29 is 14.3 Å². The Morgan fingerprint density at radius 3 is 2.55 bits per heavy atom. The molecule has 2 amide bonds. The number of amides is 2. The second-order valence-corrected chi connectivity index (χ2v) is 8.79. The normalized spacial score (nSPS) is 18.4. The molecule has 31 heavy (non-hydrogen) atoms. The van der Waals surface area contributed by atoms with Crippen LogP contribution >= 0.6 is 0 Å². The number of rotatable bonds is 7. The van der Waals surface area contributed by atoms with Gasteiger partial charge < -0.3 is 19.9 Å². The minimum absolute atomic E-state index is 0.0392. The highest BCUT2D eigenvalue weighted by atomic mass is 16.5. The molecule has 0 radical (unpaired) electrons. The monoisotopic (exact) mass is 421 g/mol. The summed E-state index contributed by atoms with van der Waals surface area (Å²) in [5, 5.41) is 3.00. The molecule has 6 nitrogen and oxygen atoms in total. The number of hydrogen-bond acceptors (Lipinski definition) is 4. The Labute approximate surface area is 184 Å². The van der Waals surface area contributed by atoms with Crippen molar-refractivity contribution in [2.24, 2.45) is 5.92 Å². The van der Waals surface area contributed by atoms with E-state index in [1.54, 1.807) is 6.07 Å². The van der Waals surface area contributed by atoms with Crippen molar-refractivity contribution in [1.82, 2.24) is 10.2 Å². The number of carbonyl (C=O) groups is 2. The lowest BCUT2D eigenvalue weighted by molar-refractivity contribution is 0.0633. The van der Waals surface area contributed by atoms with Crippen LogP contribution in [-0.2, 0) is 0 Å². The number of nitrogens with one attached hydrogen (secondary N) is 1. The van der Waals surface area contributed by atoms with Crippen LogP contribution in [0, 0.1) is 5.92 Å². The Balaban J connectivity index is 1.31. The van der Waals surface area contributed by atoms with E-state index in [4.69, 9.17) is 4.74 Å². The Bertz CT molecular complexity index is 922. The lowest BCUT2D eigenvalue weighted by atomic mass is 9.98. The zero-order valence-corrected chi connectivity index (χ0v) is 18.3. The van der Waals surface area contributed by atoms with Gasteiger partial charge >= 0.3 is 0 Å². The highest BCUT2D eigenvalue weighted by Gasteiger charge is 2.26. The van der Waals surface area contributed by atoms with Crippen molar-refractivity contribution in [2.75, 3.05) is 38.7 Å². The van der Waals surface area contributed by atoms with Gasteiger partial charge in [-0.2, -0.15) is 0 Å². The summed E-state index contributed by atoms with van der Waals surface area (Å²) in [6.07, 6.45) is 4.14. The molecule has 1 aliphatic heterocycles. The fourth-order valence-corrected chi connectivity index (χ4v) is 3.91. The third-order valence-corrected chi connectivity index (χ3v) is 5.93. The van der Waals surface area contributed by atoms with Gasteiger partial charge in [0.05, 0.1) is 6.61 Å². The molecule has 0 aromatic heterocycles. The number of ether oxygens (including phenoxy) is 1. The Morgan fingerprint density at radius 2 is 1.84 bits per heavy atom. The van der Waals surface area contributed by atoms with Gasteiger partial charge in [0.25, 0.3) is 11.8 Å². The topological polar surface area (TPSA) is 61.9 Å². The highest BCUT2D eigenvalue weighted by molar-refractivity contribution is 5.95. The van der Waals surface area contributed by atoms with Gasteiger partial charge in [-0.15, -0.1) is 0 Å². The van der Waals surface area contributed by atoms with Gasteiger partial charge in [0.15, 0.2) is 0 Å². The van der Waals surface area contributed by atoms with E-state index >= 15 is 0 Å². The maximum Gasteiger partial charge on any atom is 0.253 e. The van der Waals surface area contributed by atoms with Crippen molar-refractivity contribution in [1.29, 1.82) is 0 Å². The highest BCUT2D eigenvalue weighted by Crippen LogP contribution is 2.23. The molecule has 1 atom stereocenters. The summed E-state index contributed by atoms with van der Waals surface area (Å²) in [6, 6.07) is 15.4. The van der Waals surface area contributed by atoms with Crippen molar-refractivity contribution in [3.8, 4) is 5.75 Å². The van der Waals surface area contributed by atoms with Gasteiger partial charge in [0, 0.05) is 56.0 Å². The minimum atomic E-state index is -0.0392. The van der Waals surface area contributed by atoms with Crippen LogP contribution in [0.3, 0.4) is 0 Å². The molecule has 1 aliphatic carbocycles. The number of nitrogens with zero attached hydrogens (tertiary/aromatic N) is 2. The van der Waals surface area contributed by atoms with Crippen LogP contribution in [0.2, 0.25) is 0 Å². The van der Waals surface area contributed by atoms with Crippen LogP contribution in [-0.4, -0.2) is 56.5 Å². The first-order chi connectivity index (χ1) is 15.0. The number of piperidine rings is 1. The summed E-state index contributed by atoms with van der Waals surface area (Å²) >= 11 is 0. The van der Waals surface area contributed by atoms with E-state index in [1.807, 2.05) is 66.4 Å². The first-order valence-electron chi connectivity index (χ1n) is 11.1. The van der Waals surface area contributed by atoms with E-state index in [1.165, 1.54) is 0 Å². The number of anilines is 1. The number of carbonyl (C=O) groups excluding carboxylic acids is 2. The van der Waals surface area contributed by atoms with Crippen molar-refractivity contribution in [3.63, 3.8) is 0 Å². The SMILES string of the molecule is CN(C)c1ccc(C(=O)N2CCC[C@@H](COc3cccc(C(=O)NC4CC4)c3)C2)cc1. The first-order valence-corrected chi connectivity index (χ1v) is 11.1. The zero-order valence-electron chi connectivity index (χ0n) is 18.3. The minimum Gasteiger partial charge on any atom is -0.493 e. The first kappa shape index (κ1) is 21.2. The average Bonchev–Trinajstić information content (AvgIpc) is 3.61. The maximum absolute atomic E-state index is 12.9. The predicted octanol–water partition coefficient (Wildman–Crippen LogP) is 3.58. The number of benzene rings is 2. The van der Waals surface area contributed by atoms with Gasteiger partial charge in [-0.05, 0) is 68.1 Å². The third kappa shape index (κ3) is 5.57. The largest absolute Gasteiger partial charge is 0.493 e. The molecule has 0 bridgehead atoms. The van der Waals surface area contributed by atoms with E-state index in [9.17, 15) is 9.59 Å². The quantitative estimate of drug-likeness (QED) is 0.742. The zero-order chi connectivity index (χ0) is 21.8. The van der Waals surface area contributed by atoms with Crippen molar-refractivity contribution >= 4 is 17.5 Å². The fraction of sp³-hybridized carbons (Fsp3) is 0.440. The smallest absolute Gasteiger partial charge is 0.253 e. The maximum atomic E-state index is 12.9. The van der Waals surface area contributed by atoms with Crippen LogP contribution in [0.1, 0.15) is 46.4 Å². The molecule has 164 valence electrons. The molecule has 0 spiro atoms. The second-order valence-electron chi connectivity index (χ2n) is 8.79. The van der Waals surface area contributed by atoms with Gasteiger partial charge in [0.1, 0.15) is 5.75 Å². The fourth-order valence-electron chi connectivity index (χ4n) is 3.91. The van der Waals surface area contributed by atoms with E-state index in [2.05, 4.69) is 5.32 Å². The van der Waals surface area contributed by atoms with E-state index < -0.39 is 0 Å². The van der Waals surface area contributed by atoms with Crippen LogP contribution in [0.5, 0.6) is 5.75 Å². The summed E-state index contributed by atoms with van der Waals surface area (Å²) in [7, 11) is 3.97. The summed E-state index contributed by atoms with van der Waals surface area (Å²) in [5.41, 5.74) is 2.43. The molecular formula is C25H31N3O3. The van der Waals surface area contributed by atoms with Crippen LogP contribution in [0.4, 0.5) is 5.69 Å². The molecule has 1 saturated carbocycles. The Morgan fingerprint density at radius 1 is 1.06 bits per heavy atom. The molecule has 2 aromatic carbocycles. The van der Waals surface area contributed by atoms with Crippen molar-refractivity contribution in [2.45, 2.75) is 31.7 Å². The van der Waals surface area contributed by atoms with Gasteiger partial charge in [-0.3, -0.25) is 9.59 Å². The summed E-state index contributed by atoms with van der Waals surface area (Å²) in [6.45, 7) is 2.01. The molecular weight excluding hydrogens is 390 g/mol.